The van der Waals surface area contributed by atoms with E-state index in [1.807, 2.05) is 42.5 Å². The maximum absolute atomic E-state index is 12.2. The molecular formula is C22H24N2O3S. The number of benzene rings is 2. The van der Waals surface area contributed by atoms with Crippen molar-refractivity contribution < 1.29 is 14.3 Å². The highest BCUT2D eigenvalue weighted by atomic mass is 32.1. The van der Waals surface area contributed by atoms with Crippen LogP contribution in [0.15, 0.2) is 48.5 Å². The van der Waals surface area contributed by atoms with Gasteiger partial charge in [-0.1, -0.05) is 49.3 Å². The van der Waals surface area contributed by atoms with E-state index in [1.54, 1.807) is 13.2 Å². The molecule has 1 aromatic heterocycles. The van der Waals surface area contributed by atoms with Crippen molar-refractivity contribution in [3.05, 3.63) is 54.1 Å². The summed E-state index contributed by atoms with van der Waals surface area (Å²) in [4.78, 5) is 16.6. The van der Waals surface area contributed by atoms with E-state index in [2.05, 4.69) is 17.2 Å². The molecule has 5 nitrogen and oxygen atoms in total. The molecule has 0 spiro atoms. The van der Waals surface area contributed by atoms with Crippen LogP contribution < -0.4 is 14.8 Å². The quantitative estimate of drug-likeness (QED) is 0.382. The number of ether oxygens (including phenoxy) is 2. The zero-order chi connectivity index (χ0) is 19.8. The molecule has 0 atom stereocenters. The normalized spacial score (nSPS) is 11.1. The Kier molecular flexibility index (Phi) is 7.03. The number of aromatic nitrogens is 1. The van der Waals surface area contributed by atoms with E-state index in [0.717, 1.165) is 40.8 Å². The standard InChI is InChI=1S/C22H24N2O3S/c1-3-4-7-14-27-18-12-10-16(15-19(18)26-2)11-13-21(25)24-22-23-17-8-5-6-9-20(17)28-22/h5-6,8-13,15H,3-4,7,14H2,1-2H3,(H,23,24,25)/b13-11-. The Labute approximate surface area is 169 Å². The summed E-state index contributed by atoms with van der Waals surface area (Å²) in [5.41, 5.74) is 1.74. The zero-order valence-electron chi connectivity index (χ0n) is 16.1. The predicted octanol–water partition coefficient (Wildman–Crippen LogP) is 5.53. The van der Waals surface area contributed by atoms with E-state index in [-0.39, 0.29) is 5.91 Å². The van der Waals surface area contributed by atoms with Crippen molar-refractivity contribution in [2.24, 2.45) is 0 Å². The van der Waals surface area contributed by atoms with Crippen LogP contribution in [0.2, 0.25) is 0 Å². The number of para-hydroxylation sites is 1. The lowest BCUT2D eigenvalue weighted by atomic mass is 10.2. The van der Waals surface area contributed by atoms with Gasteiger partial charge in [-0.2, -0.15) is 0 Å². The molecule has 0 bridgehead atoms. The zero-order valence-corrected chi connectivity index (χ0v) is 16.9. The summed E-state index contributed by atoms with van der Waals surface area (Å²) in [6.45, 7) is 2.83. The Bertz CT molecular complexity index is 932. The number of carbonyl (C=O) groups excluding carboxylic acids is 1. The first-order chi connectivity index (χ1) is 13.7. The number of nitrogens with one attached hydrogen (secondary N) is 1. The minimum atomic E-state index is -0.224. The van der Waals surface area contributed by atoms with Crippen molar-refractivity contribution >= 4 is 38.7 Å². The van der Waals surface area contributed by atoms with Gasteiger partial charge in [-0.25, -0.2) is 4.98 Å². The van der Waals surface area contributed by atoms with Crippen LogP contribution in [0.1, 0.15) is 31.7 Å². The fraction of sp³-hybridized carbons (Fsp3) is 0.273. The van der Waals surface area contributed by atoms with E-state index in [4.69, 9.17) is 9.47 Å². The van der Waals surface area contributed by atoms with Crippen molar-refractivity contribution in [1.82, 2.24) is 4.98 Å². The summed E-state index contributed by atoms with van der Waals surface area (Å²) in [7, 11) is 1.61. The second-order valence-corrected chi connectivity index (χ2v) is 7.31. The number of nitrogens with zero attached hydrogens (tertiary/aromatic N) is 1. The molecule has 0 aliphatic rings. The van der Waals surface area contributed by atoms with E-state index < -0.39 is 0 Å². The number of unbranched alkanes of at least 4 members (excludes halogenated alkanes) is 2. The van der Waals surface area contributed by atoms with Gasteiger partial charge in [-0.3, -0.25) is 10.1 Å². The molecule has 0 saturated carbocycles. The van der Waals surface area contributed by atoms with Crippen LogP contribution in [0.3, 0.4) is 0 Å². The van der Waals surface area contributed by atoms with Crippen LogP contribution in [0.25, 0.3) is 16.3 Å². The van der Waals surface area contributed by atoms with E-state index >= 15 is 0 Å². The minimum Gasteiger partial charge on any atom is -0.493 e. The minimum absolute atomic E-state index is 0.224. The number of hydrogen-bond donors (Lipinski definition) is 1. The number of amides is 1. The SMILES string of the molecule is CCCCCOc1ccc(/C=C\C(=O)Nc2nc3ccccc3s2)cc1OC. The van der Waals surface area contributed by atoms with Gasteiger partial charge in [0, 0.05) is 6.08 Å². The summed E-state index contributed by atoms with van der Waals surface area (Å²) in [5.74, 6) is 1.15. The average molecular weight is 397 g/mol. The Morgan fingerprint density at radius 1 is 1.18 bits per heavy atom. The molecule has 146 valence electrons. The Morgan fingerprint density at radius 3 is 2.82 bits per heavy atom. The van der Waals surface area contributed by atoms with Crippen LogP contribution in [0, 0.1) is 0 Å². The molecular weight excluding hydrogens is 372 g/mol. The maximum atomic E-state index is 12.2. The lowest BCUT2D eigenvalue weighted by Crippen LogP contribution is -2.07. The average Bonchev–Trinajstić information content (AvgIpc) is 3.12. The molecule has 0 unspecified atom stereocenters. The van der Waals surface area contributed by atoms with E-state index in [1.165, 1.54) is 17.4 Å². The van der Waals surface area contributed by atoms with Gasteiger partial charge in [-0.15, -0.1) is 0 Å². The lowest BCUT2D eigenvalue weighted by molar-refractivity contribution is -0.111. The van der Waals surface area contributed by atoms with Crippen LogP contribution in [0.5, 0.6) is 11.5 Å². The van der Waals surface area contributed by atoms with Crippen molar-refractivity contribution in [3.8, 4) is 11.5 Å². The van der Waals surface area contributed by atoms with Crippen LogP contribution in [-0.2, 0) is 4.79 Å². The van der Waals surface area contributed by atoms with Crippen LogP contribution in [0.4, 0.5) is 5.13 Å². The summed E-state index contributed by atoms with van der Waals surface area (Å²) in [6.07, 6.45) is 6.55. The van der Waals surface area contributed by atoms with Gasteiger partial charge in [0.25, 0.3) is 0 Å². The monoisotopic (exact) mass is 396 g/mol. The van der Waals surface area contributed by atoms with E-state index in [0.29, 0.717) is 17.5 Å². The first-order valence-corrected chi connectivity index (χ1v) is 10.2. The van der Waals surface area contributed by atoms with Gasteiger partial charge in [-0.05, 0) is 42.3 Å². The van der Waals surface area contributed by atoms with Crippen molar-refractivity contribution in [2.45, 2.75) is 26.2 Å². The largest absolute Gasteiger partial charge is 0.493 e. The van der Waals surface area contributed by atoms with Gasteiger partial charge >= 0.3 is 0 Å². The summed E-state index contributed by atoms with van der Waals surface area (Å²) < 4.78 is 12.2. The molecule has 2 aromatic carbocycles. The maximum Gasteiger partial charge on any atom is 0.250 e. The molecule has 0 saturated heterocycles. The number of hydrogen-bond acceptors (Lipinski definition) is 5. The first kappa shape index (κ1) is 19.9. The van der Waals surface area contributed by atoms with Crippen molar-refractivity contribution in [2.75, 3.05) is 19.0 Å². The molecule has 3 rings (SSSR count). The highest BCUT2D eigenvalue weighted by Gasteiger charge is 2.07. The fourth-order valence-corrected chi connectivity index (χ4v) is 3.55. The first-order valence-electron chi connectivity index (χ1n) is 9.35. The topological polar surface area (TPSA) is 60.5 Å². The summed E-state index contributed by atoms with van der Waals surface area (Å²) in [6, 6.07) is 13.4. The molecule has 0 radical (unpaired) electrons. The third-order valence-corrected chi connectivity index (χ3v) is 5.10. The van der Waals surface area contributed by atoms with E-state index in [9.17, 15) is 4.79 Å². The second kappa shape index (κ2) is 9.90. The van der Waals surface area contributed by atoms with Gasteiger partial charge in [0.15, 0.2) is 16.6 Å². The molecule has 3 aromatic rings. The van der Waals surface area contributed by atoms with Crippen molar-refractivity contribution in [1.29, 1.82) is 0 Å². The highest BCUT2D eigenvalue weighted by Crippen LogP contribution is 2.29. The van der Waals surface area contributed by atoms with Gasteiger partial charge in [0.2, 0.25) is 5.91 Å². The number of thiazole rings is 1. The number of carbonyl (C=O) groups is 1. The molecule has 0 aliphatic heterocycles. The molecule has 28 heavy (non-hydrogen) atoms. The Hall–Kier alpha value is -2.86. The van der Waals surface area contributed by atoms with Gasteiger partial charge in [0.1, 0.15) is 0 Å². The number of methoxy groups -OCH3 is 1. The number of rotatable bonds is 9. The van der Waals surface area contributed by atoms with Gasteiger partial charge < -0.3 is 9.47 Å². The fourth-order valence-electron chi connectivity index (χ4n) is 2.69. The van der Waals surface area contributed by atoms with Crippen LogP contribution in [-0.4, -0.2) is 24.6 Å². The molecule has 0 aliphatic carbocycles. The third kappa shape index (κ3) is 5.33. The lowest BCUT2D eigenvalue weighted by Gasteiger charge is -2.11. The summed E-state index contributed by atoms with van der Waals surface area (Å²) >= 11 is 1.45. The molecule has 0 fully saturated rings. The molecule has 1 N–H and O–H groups in total. The molecule has 1 amide bonds. The molecule has 1 heterocycles. The summed E-state index contributed by atoms with van der Waals surface area (Å²) in [5, 5.41) is 3.39. The Morgan fingerprint density at radius 2 is 2.04 bits per heavy atom. The Balaban J connectivity index is 1.61. The predicted molar refractivity (Wildman–Crippen MR) is 115 cm³/mol. The smallest absolute Gasteiger partial charge is 0.250 e. The highest BCUT2D eigenvalue weighted by molar-refractivity contribution is 7.22. The number of anilines is 1. The van der Waals surface area contributed by atoms with Crippen LogP contribution >= 0.6 is 11.3 Å². The molecule has 6 heteroatoms. The third-order valence-electron chi connectivity index (χ3n) is 4.14. The second-order valence-electron chi connectivity index (χ2n) is 6.28. The number of fused-ring (bicyclic) bond motifs is 1. The van der Waals surface area contributed by atoms with Crippen molar-refractivity contribution in [3.63, 3.8) is 0 Å². The van der Waals surface area contributed by atoms with Gasteiger partial charge in [0.05, 0.1) is 23.9 Å².